The maximum absolute atomic E-state index is 11.5. The monoisotopic (exact) mass is 385 g/mol. The lowest BCUT2D eigenvalue weighted by molar-refractivity contribution is -0.151. The summed E-state index contributed by atoms with van der Waals surface area (Å²) in [5, 5.41) is 6.95. The van der Waals surface area contributed by atoms with Crippen molar-refractivity contribution in [1.82, 2.24) is 10.2 Å². The lowest BCUT2D eigenvalue weighted by Gasteiger charge is -2.12. The molecular formula is C22H31N3O3. The second-order valence-corrected chi connectivity index (χ2v) is 7.23. The fourth-order valence-corrected chi connectivity index (χ4v) is 3.67. The van der Waals surface area contributed by atoms with Crippen molar-refractivity contribution >= 4 is 17.6 Å². The number of carbonyl (C=O) groups is 2. The molecule has 152 valence electrons. The van der Waals surface area contributed by atoms with Gasteiger partial charge in [0.1, 0.15) is 17.5 Å². The van der Waals surface area contributed by atoms with E-state index in [1.807, 2.05) is 30.3 Å². The molecule has 3 rings (SSSR count). The summed E-state index contributed by atoms with van der Waals surface area (Å²) in [5.41, 5.74) is 9.17. The van der Waals surface area contributed by atoms with Crippen LogP contribution in [0.1, 0.15) is 62.3 Å². The third-order valence-corrected chi connectivity index (χ3v) is 5.13. The molecule has 1 fully saturated rings. The maximum Gasteiger partial charge on any atom is 0.316 e. The highest BCUT2D eigenvalue weighted by Gasteiger charge is 2.25. The smallest absolute Gasteiger partial charge is 0.316 e. The van der Waals surface area contributed by atoms with Gasteiger partial charge in [0.2, 0.25) is 0 Å². The van der Waals surface area contributed by atoms with Crippen LogP contribution in [0.25, 0.3) is 0 Å². The summed E-state index contributed by atoms with van der Waals surface area (Å²) >= 11 is 0. The number of carbonyl (C=O) groups excluding carboxylic acids is 2. The molecule has 6 heteroatoms. The third kappa shape index (κ3) is 5.94. The number of H-pyrrole nitrogens is 1. The van der Waals surface area contributed by atoms with Crippen LogP contribution in [0.15, 0.2) is 30.3 Å². The molecule has 28 heavy (non-hydrogen) atoms. The van der Waals surface area contributed by atoms with Gasteiger partial charge in [0.25, 0.3) is 0 Å². The van der Waals surface area contributed by atoms with Gasteiger partial charge in [0, 0.05) is 11.3 Å². The number of ketones is 1. The van der Waals surface area contributed by atoms with Gasteiger partial charge in [-0.15, -0.1) is 0 Å². The fraction of sp³-hybridized carbons (Fsp3) is 0.500. The van der Waals surface area contributed by atoms with Crippen molar-refractivity contribution in [2.75, 3.05) is 12.3 Å². The van der Waals surface area contributed by atoms with E-state index < -0.39 is 11.9 Å². The molecule has 6 nitrogen and oxygen atoms in total. The Morgan fingerprint density at radius 2 is 1.89 bits per heavy atom. The molecule has 0 saturated heterocycles. The molecule has 0 bridgehead atoms. The first-order valence-electron chi connectivity index (χ1n) is 9.95. The quantitative estimate of drug-likeness (QED) is 0.579. The van der Waals surface area contributed by atoms with Crippen LogP contribution < -0.4 is 5.73 Å². The van der Waals surface area contributed by atoms with Gasteiger partial charge >= 0.3 is 5.97 Å². The van der Waals surface area contributed by atoms with Crippen molar-refractivity contribution in [2.45, 2.75) is 58.8 Å². The average Bonchev–Trinajstić information content (AvgIpc) is 3.30. The third-order valence-electron chi connectivity index (χ3n) is 5.13. The zero-order chi connectivity index (χ0) is 20.5. The van der Waals surface area contributed by atoms with Crippen LogP contribution in [0.2, 0.25) is 0 Å². The Bertz CT molecular complexity index is 745. The number of aromatic amines is 1. The summed E-state index contributed by atoms with van der Waals surface area (Å²) in [6.45, 7) is 5.51. The molecule has 1 saturated carbocycles. The van der Waals surface area contributed by atoms with Gasteiger partial charge in [-0.2, -0.15) is 5.10 Å². The molecule has 1 aliphatic rings. The zero-order valence-electron chi connectivity index (χ0n) is 17.0. The summed E-state index contributed by atoms with van der Waals surface area (Å²) in [7, 11) is 0. The molecule has 1 heterocycles. The number of nitrogens with one attached hydrogen (secondary N) is 1. The van der Waals surface area contributed by atoms with Crippen LogP contribution in [0.5, 0.6) is 0 Å². The first kappa shape index (κ1) is 21.7. The first-order chi connectivity index (χ1) is 13.4. The van der Waals surface area contributed by atoms with Crippen molar-refractivity contribution in [3.8, 4) is 0 Å². The SMILES string of the molecule is CCOC(=O)C(Cc1ccccc1)C(C)=O.Cc1[nH]nc(N)c1C1CCCC1. The van der Waals surface area contributed by atoms with E-state index in [2.05, 4.69) is 17.1 Å². The van der Waals surface area contributed by atoms with E-state index in [0.717, 1.165) is 11.3 Å². The van der Waals surface area contributed by atoms with Gasteiger partial charge in [-0.1, -0.05) is 43.2 Å². The number of nitrogens with two attached hydrogens (primary N) is 1. The molecule has 1 unspecified atom stereocenters. The highest BCUT2D eigenvalue weighted by atomic mass is 16.5. The van der Waals surface area contributed by atoms with E-state index in [4.69, 9.17) is 10.5 Å². The molecule has 1 aromatic heterocycles. The van der Waals surface area contributed by atoms with Gasteiger partial charge in [0.05, 0.1) is 6.61 Å². The summed E-state index contributed by atoms with van der Waals surface area (Å²) in [6, 6.07) is 9.47. The Balaban J connectivity index is 0.000000207. The fourth-order valence-electron chi connectivity index (χ4n) is 3.67. The average molecular weight is 386 g/mol. The summed E-state index contributed by atoms with van der Waals surface area (Å²) in [6.07, 6.45) is 5.66. The van der Waals surface area contributed by atoms with Crippen molar-refractivity contribution < 1.29 is 14.3 Å². The molecular weight excluding hydrogens is 354 g/mol. The van der Waals surface area contributed by atoms with Crippen molar-refractivity contribution in [2.24, 2.45) is 5.92 Å². The minimum Gasteiger partial charge on any atom is -0.465 e. The molecule has 1 atom stereocenters. The predicted molar refractivity (Wildman–Crippen MR) is 110 cm³/mol. The van der Waals surface area contributed by atoms with Crippen molar-refractivity contribution in [1.29, 1.82) is 0 Å². The molecule has 3 N–H and O–H groups in total. The summed E-state index contributed by atoms with van der Waals surface area (Å²) < 4.78 is 4.88. The molecule has 0 radical (unpaired) electrons. The van der Waals surface area contributed by atoms with Crippen LogP contribution in [0.3, 0.4) is 0 Å². The largest absolute Gasteiger partial charge is 0.465 e. The second-order valence-electron chi connectivity index (χ2n) is 7.23. The number of hydrogen-bond donors (Lipinski definition) is 2. The lowest BCUT2D eigenvalue weighted by Crippen LogP contribution is -2.26. The number of Topliss-reactive ketones (excluding diaryl/α,β-unsaturated/α-hetero) is 1. The van der Waals surface area contributed by atoms with Crippen molar-refractivity contribution in [3.63, 3.8) is 0 Å². The van der Waals surface area contributed by atoms with Crippen LogP contribution in [-0.2, 0) is 20.7 Å². The number of benzene rings is 1. The van der Waals surface area contributed by atoms with Gasteiger partial charge in [-0.05, 0) is 51.5 Å². The second kappa shape index (κ2) is 10.6. The van der Waals surface area contributed by atoms with E-state index in [1.54, 1.807) is 6.92 Å². The zero-order valence-corrected chi connectivity index (χ0v) is 17.0. The Hall–Kier alpha value is -2.63. The number of aromatic nitrogens is 2. The van der Waals surface area contributed by atoms with Gasteiger partial charge in [0.15, 0.2) is 0 Å². The Morgan fingerprint density at radius 3 is 2.39 bits per heavy atom. The molecule has 0 spiro atoms. The summed E-state index contributed by atoms with van der Waals surface area (Å²) in [5.74, 6) is 0.117. The van der Waals surface area contributed by atoms with Crippen LogP contribution >= 0.6 is 0 Å². The van der Waals surface area contributed by atoms with E-state index >= 15 is 0 Å². The number of anilines is 1. The van der Waals surface area contributed by atoms with Crippen molar-refractivity contribution in [3.05, 3.63) is 47.2 Å². The first-order valence-corrected chi connectivity index (χ1v) is 9.95. The molecule has 2 aromatic rings. The standard InChI is InChI=1S/C13H16O3.C9H15N3/c1-3-16-13(15)12(10(2)14)9-11-7-5-4-6-8-11;1-6-8(9(10)12-11-6)7-4-2-3-5-7/h4-8,12H,3,9H2,1-2H3;7H,2-5H2,1H3,(H3,10,11,12). The van der Waals surface area contributed by atoms with Gasteiger partial charge in [-0.25, -0.2) is 0 Å². The number of aryl methyl sites for hydroxylation is 1. The van der Waals surface area contributed by atoms with Crippen LogP contribution in [0.4, 0.5) is 5.82 Å². The Labute approximate surface area is 166 Å². The highest BCUT2D eigenvalue weighted by Crippen LogP contribution is 2.37. The topological polar surface area (TPSA) is 98.1 Å². The van der Waals surface area contributed by atoms with Crippen LogP contribution in [-0.4, -0.2) is 28.6 Å². The van der Waals surface area contributed by atoms with Gasteiger partial charge in [-0.3, -0.25) is 14.7 Å². The van der Waals surface area contributed by atoms with E-state index in [0.29, 0.717) is 24.8 Å². The number of rotatable bonds is 6. The Morgan fingerprint density at radius 1 is 1.25 bits per heavy atom. The molecule has 1 aromatic carbocycles. The number of hydrogen-bond acceptors (Lipinski definition) is 5. The van der Waals surface area contributed by atoms with E-state index in [9.17, 15) is 9.59 Å². The predicted octanol–water partition coefficient (Wildman–Crippen LogP) is 3.96. The van der Waals surface area contributed by atoms with Crippen LogP contribution in [0, 0.1) is 12.8 Å². The lowest BCUT2D eigenvalue weighted by atomic mass is 9.96. The maximum atomic E-state index is 11.5. The van der Waals surface area contributed by atoms with E-state index in [-0.39, 0.29) is 5.78 Å². The number of nitrogens with zero attached hydrogens (tertiary/aromatic N) is 1. The minimum atomic E-state index is -0.678. The molecule has 1 aliphatic carbocycles. The molecule has 0 amide bonds. The van der Waals surface area contributed by atoms with E-state index in [1.165, 1.54) is 38.2 Å². The number of esters is 1. The Kier molecular flexibility index (Phi) is 8.23. The van der Waals surface area contributed by atoms with Gasteiger partial charge < -0.3 is 10.5 Å². The molecule has 0 aliphatic heterocycles. The number of ether oxygens (including phenoxy) is 1. The minimum absolute atomic E-state index is 0.151. The number of nitrogen functional groups attached to an aromatic ring is 1. The normalized spacial score (nSPS) is 14.8. The highest BCUT2D eigenvalue weighted by molar-refractivity contribution is 5.98. The summed E-state index contributed by atoms with van der Waals surface area (Å²) in [4.78, 5) is 22.9.